The summed E-state index contributed by atoms with van der Waals surface area (Å²) >= 11 is 11.8. The van der Waals surface area contributed by atoms with Crippen molar-refractivity contribution >= 4 is 40.9 Å². The molecule has 0 aromatic heterocycles. The summed E-state index contributed by atoms with van der Waals surface area (Å²) < 4.78 is 10.5. The molecule has 128 valence electrons. The highest BCUT2D eigenvalue weighted by molar-refractivity contribution is 6.36. The fourth-order valence-corrected chi connectivity index (χ4v) is 2.41. The second kappa shape index (κ2) is 8.97. The number of rotatable bonds is 6. The molecule has 0 unspecified atom stereocenters. The van der Waals surface area contributed by atoms with Crippen LogP contribution in [0.2, 0.25) is 10.0 Å². The third-order valence-corrected chi connectivity index (χ3v) is 3.64. The molecule has 0 heterocycles. The topological polar surface area (TPSA) is 71.3 Å². The summed E-state index contributed by atoms with van der Waals surface area (Å²) in [4.78, 5) is 12.0. The number of ether oxygens (including phenoxy) is 2. The summed E-state index contributed by atoms with van der Waals surface area (Å²) in [5.74, 6) is 0.588. The van der Waals surface area contributed by atoms with Crippen LogP contribution in [0.1, 0.15) is 5.56 Å². The average molecular weight is 377 g/mol. The third-order valence-electron chi connectivity index (χ3n) is 3.10. The lowest BCUT2D eigenvalue weighted by Crippen LogP contribution is -2.08. The summed E-state index contributed by atoms with van der Waals surface area (Å²) in [6.07, 6.45) is 2.99. The number of halogens is 2. The number of hydrogen-bond acceptors (Lipinski definition) is 4. The molecule has 0 atom stereocenters. The van der Waals surface area contributed by atoms with E-state index < -0.39 is 0 Å². The Balaban J connectivity index is 2.07. The number of nitrogens with zero attached hydrogens (tertiary/aromatic N) is 1. The maximum Gasteiger partial charge on any atom is 0.248 e. The normalized spacial score (nSPS) is 10.3. The minimum Gasteiger partial charge on any atom is -0.493 e. The van der Waals surface area contributed by atoms with Crippen molar-refractivity contribution in [3.05, 3.63) is 58.1 Å². The van der Waals surface area contributed by atoms with Gasteiger partial charge in [0.15, 0.2) is 18.1 Å². The van der Waals surface area contributed by atoms with Crippen molar-refractivity contribution in [3.63, 3.8) is 0 Å². The second-order valence-electron chi connectivity index (χ2n) is 4.80. The van der Waals surface area contributed by atoms with Crippen LogP contribution >= 0.6 is 23.2 Å². The lowest BCUT2D eigenvalue weighted by Gasteiger charge is -2.09. The maximum absolute atomic E-state index is 12.0. The second-order valence-corrected chi connectivity index (χ2v) is 5.65. The summed E-state index contributed by atoms with van der Waals surface area (Å²) in [6.45, 7) is -0.0736. The Kier molecular flexibility index (Phi) is 6.70. The fraction of sp³-hybridized carbons (Fsp3) is 0.111. The number of carbonyl (C=O) groups excluding carboxylic acids is 1. The SMILES string of the molecule is COc1cc(/C=C/C(=O)Nc2ccc(Cl)cc2Cl)ccc1OCC#N. The standard InChI is InChI=1S/C18H14Cl2N2O3/c1-24-17-10-12(2-6-16(17)25-9-8-21)3-7-18(23)22-15-5-4-13(19)11-14(15)20/h2-7,10-11H,9H2,1H3,(H,22,23)/b7-3+. The van der Waals surface area contributed by atoms with Crippen LogP contribution in [-0.4, -0.2) is 19.6 Å². The van der Waals surface area contributed by atoms with Crippen LogP contribution in [0.25, 0.3) is 6.08 Å². The Morgan fingerprint density at radius 3 is 2.72 bits per heavy atom. The number of nitrogens with one attached hydrogen (secondary N) is 1. The van der Waals surface area contributed by atoms with Crippen LogP contribution in [-0.2, 0) is 4.79 Å². The molecule has 0 aliphatic carbocycles. The van der Waals surface area contributed by atoms with Gasteiger partial charge in [0.25, 0.3) is 0 Å². The van der Waals surface area contributed by atoms with Crippen LogP contribution in [0, 0.1) is 11.3 Å². The molecule has 25 heavy (non-hydrogen) atoms. The van der Waals surface area contributed by atoms with E-state index in [4.69, 9.17) is 37.9 Å². The molecule has 5 nitrogen and oxygen atoms in total. The van der Waals surface area contributed by atoms with Crippen LogP contribution in [0.15, 0.2) is 42.5 Å². The molecule has 1 amide bonds. The molecule has 0 radical (unpaired) electrons. The van der Waals surface area contributed by atoms with Crippen LogP contribution in [0.3, 0.4) is 0 Å². The molecule has 0 saturated carbocycles. The number of hydrogen-bond donors (Lipinski definition) is 1. The van der Waals surface area contributed by atoms with Gasteiger partial charge in [-0.1, -0.05) is 29.3 Å². The van der Waals surface area contributed by atoms with Crippen molar-refractivity contribution in [2.75, 3.05) is 19.0 Å². The smallest absolute Gasteiger partial charge is 0.248 e. The van der Waals surface area contributed by atoms with Gasteiger partial charge in [0.05, 0.1) is 17.8 Å². The predicted molar refractivity (Wildman–Crippen MR) is 98.2 cm³/mol. The summed E-state index contributed by atoms with van der Waals surface area (Å²) in [5, 5.41) is 12.1. The lowest BCUT2D eigenvalue weighted by molar-refractivity contribution is -0.111. The first kappa shape index (κ1) is 18.7. The minimum atomic E-state index is -0.340. The first-order valence-corrected chi connectivity index (χ1v) is 7.91. The van der Waals surface area contributed by atoms with E-state index in [2.05, 4.69) is 5.32 Å². The van der Waals surface area contributed by atoms with Gasteiger partial charge in [-0.05, 0) is 42.0 Å². The largest absolute Gasteiger partial charge is 0.493 e. The van der Waals surface area contributed by atoms with Gasteiger partial charge in [0.2, 0.25) is 5.91 Å². The monoisotopic (exact) mass is 376 g/mol. The molecule has 7 heteroatoms. The molecule has 0 saturated heterocycles. The molecular weight excluding hydrogens is 363 g/mol. The highest BCUT2D eigenvalue weighted by atomic mass is 35.5. The fourth-order valence-electron chi connectivity index (χ4n) is 1.95. The molecule has 0 bridgehead atoms. The molecule has 2 aromatic rings. The van der Waals surface area contributed by atoms with Gasteiger partial charge < -0.3 is 14.8 Å². The van der Waals surface area contributed by atoms with Crippen molar-refractivity contribution in [2.24, 2.45) is 0 Å². The zero-order valence-corrected chi connectivity index (χ0v) is 14.8. The number of amides is 1. The van der Waals surface area contributed by atoms with E-state index in [0.717, 1.165) is 5.56 Å². The number of methoxy groups -OCH3 is 1. The Hall–Kier alpha value is -2.68. The van der Waals surface area contributed by atoms with Gasteiger partial charge >= 0.3 is 0 Å². The Labute approximate surface area is 155 Å². The highest BCUT2D eigenvalue weighted by Crippen LogP contribution is 2.29. The molecule has 0 aliphatic heterocycles. The van der Waals surface area contributed by atoms with Crippen molar-refractivity contribution in [1.82, 2.24) is 0 Å². The van der Waals surface area contributed by atoms with Crippen molar-refractivity contribution in [1.29, 1.82) is 5.26 Å². The number of anilines is 1. The third kappa shape index (κ3) is 5.42. The Morgan fingerprint density at radius 1 is 1.24 bits per heavy atom. The predicted octanol–water partition coefficient (Wildman–Crippen LogP) is 4.56. The van der Waals surface area contributed by atoms with E-state index >= 15 is 0 Å². The molecule has 2 rings (SSSR count). The van der Waals surface area contributed by atoms with Crippen molar-refractivity contribution < 1.29 is 14.3 Å². The highest BCUT2D eigenvalue weighted by Gasteiger charge is 2.06. The molecule has 0 spiro atoms. The van der Waals surface area contributed by atoms with Gasteiger partial charge in [0, 0.05) is 11.1 Å². The molecule has 1 N–H and O–H groups in total. The van der Waals surface area contributed by atoms with Gasteiger partial charge in [-0.2, -0.15) is 5.26 Å². The van der Waals surface area contributed by atoms with E-state index in [1.54, 1.807) is 42.5 Å². The van der Waals surface area contributed by atoms with Gasteiger partial charge in [-0.25, -0.2) is 0 Å². The quantitative estimate of drug-likeness (QED) is 0.750. The van der Waals surface area contributed by atoms with Gasteiger partial charge in [0.1, 0.15) is 6.07 Å². The van der Waals surface area contributed by atoms with Crippen LogP contribution < -0.4 is 14.8 Å². The Bertz CT molecular complexity index is 845. The maximum atomic E-state index is 12.0. The first-order valence-electron chi connectivity index (χ1n) is 7.15. The average Bonchev–Trinajstić information content (AvgIpc) is 2.60. The minimum absolute atomic E-state index is 0.0736. The number of benzene rings is 2. The summed E-state index contributed by atoms with van der Waals surface area (Å²) in [7, 11) is 1.50. The Morgan fingerprint density at radius 2 is 2.04 bits per heavy atom. The first-order chi connectivity index (χ1) is 12.0. The number of carbonyl (C=O) groups is 1. The van der Waals surface area contributed by atoms with Crippen molar-refractivity contribution in [3.8, 4) is 17.6 Å². The van der Waals surface area contributed by atoms with E-state index in [0.29, 0.717) is 27.2 Å². The van der Waals surface area contributed by atoms with Gasteiger partial charge in [-0.15, -0.1) is 0 Å². The summed E-state index contributed by atoms with van der Waals surface area (Å²) in [5.41, 5.74) is 1.21. The lowest BCUT2D eigenvalue weighted by atomic mass is 10.2. The van der Waals surface area contributed by atoms with Crippen LogP contribution in [0.5, 0.6) is 11.5 Å². The summed E-state index contributed by atoms with van der Waals surface area (Å²) in [6, 6.07) is 11.8. The van der Waals surface area contributed by atoms with E-state index in [1.165, 1.54) is 13.2 Å². The number of nitriles is 1. The molecule has 0 fully saturated rings. The van der Waals surface area contributed by atoms with Crippen LogP contribution in [0.4, 0.5) is 5.69 Å². The zero-order valence-electron chi connectivity index (χ0n) is 13.3. The van der Waals surface area contributed by atoms with E-state index in [-0.39, 0.29) is 12.5 Å². The van der Waals surface area contributed by atoms with E-state index in [1.807, 2.05) is 6.07 Å². The molecular formula is C18H14Cl2N2O3. The van der Waals surface area contributed by atoms with Crippen molar-refractivity contribution in [2.45, 2.75) is 0 Å². The molecule has 2 aromatic carbocycles. The van der Waals surface area contributed by atoms with E-state index in [9.17, 15) is 4.79 Å². The zero-order chi connectivity index (χ0) is 18.2. The van der Waals surface area contributed by atoms with Gasteiger partial charge in [-0.3, -0.25) is 4.79 Å². The molecule has 0 aliphatic rings.